The van der Waals surface area contributed by atoms with Crippen molar-refractivity contribution in [2.24, 2.45) is 0 Å². The van der Waals surface area contributed by atoms with E-state index >= 15 is 0 Å². The van der Waals surface area contributed by atoms with E-state index in [-0.39, 0.29) is 5.78 Å². The van der Waals surface area contributed by atoms with Crippen LogP contribution in [0.3, 0.4) is 0 Å². The summed E-state index contributed by atoms with van der Waals surface area (Å²) in [6.45, 7) is 3.02. The first-order valence-corrected chi connectivity index (χ1v) is 5.84. The number of aromatic nitrogens is 2. The molecule has 0 bridgehead atoms. The van der Waals surface area contributed by atoms with Crippen molar-refractivity contribution in [3.05, 3.63) is 24.3 Å². The summed E-state index contributed by atoms with van der Waals surface area (Å²) in [6.07, 6.45) is 5.15. The van der Waals surface area contributed by atoms with E-state index in [4.69, 9.17) is 0 Å². The lowest BCUT2D eigenvalue weighted by atomic mass is 10.0. The van der Waals surface area contributed by atoms with Crippen LogP contribution in [0.15, 0.2) is 18.7 Å². The summed E-state index contributed by atoms with van der Waals surface area (Å²) in [6, 6.07) is 0.293. The van der Waals surface area contributed by atoms with E-state index < -0.39 is 0 Å². The van der Waals surface area contributed by atoms with Crippen molar-refractivity contribution in [1.29, 1.82) is 0 Å². The Morgan fingerprint density at radius 3 is 2.76 bits per heavy atom. The maximum absolute atomic E-state index is 12.0. The van der Waals surface area contributed by atoms with E-state index in [1.54, 1.807) is 12.4 Å². The van der Waals surface area contributed by atoms with Crippen molar-refractivity contribution in [2.45, 2.75) is 12.5 Å². The lowest BCUT2D eigenvalue weighted by Crippen LogP contribution is -2.50. The average molecular weight is 234 g/mol. The number of carbonyl (C=O) groups excluding carboxylic acids is 1. The van der Waals surface area contributed by atoms with Gasteiger partial charge in [0.1, 0.15) is 6.33 Å². The van der Waals surface area contributed by atoms with Crippen LogP contribution in [0.4, 0.5) is 0 Å². The van der Waals surface area contributed by atoms with Gasteiger partial charge in [-0.05, 0) is 14.1 Å². The molecule has 1 aliphatic heterocycles. The zero-order valence-corrected chi connectivity index (χ0v) is 10.3. The molecule has 0 spiro atoms. The smallest absolute Gasteiger partial charge is 0.167 e. The highest BCUT2D eigenvalue weighted by atomic mass is 16.1. The van der Waals surface area contributed by atoms with E-state index in [0.29, 0.717) is 18.0 Å². The van der Waals surface area contributed by atoms with Gasteiger partial charge in [0.05, 0.1) is 5.56 Å². The van der Waals surface area contributed by atoms with Crippen LogP contribution >= 0.6 is 0 Å². The molecule has 5 nitrogen and oxygen atoms in total. The van der Waals surface area contributed by atoms with Gasteiger partial charge >= 0.3 is 0 Å². The van der Waals surface area contributed by atoms with Crippen molar-refractivity contribution in [2.75, 3.05) is 33.7 Å². The molecule has 1 saturated heterocycles. The van der Waals surface area contributed by atoms with Gasteiger partial charge in [-0.3, -0.25) is 4.79 Å². The molecule has 0 aliphatic carbocycles. The van der Waals surface area contributed by atoms with Gasteiger partial charge < -0.3 is 9.80 Å². The number of likely N-dealkylation sites (N-methyl/N-ethyl adjacent to an activating group) is 2. The summed E-state index contributed by atoms with van der Waals surface area (Å²) in [7, 11) is 4.17. The summed E-state index contributed by atoms with van der Waals surface area (Å²) in [5.41, 5.74) is 0.606. The minimum atomic E-state index is 0.123. The molecule has 0 radical (unpaired) electrons. The van der Waals surface area contributed by atoms with E-state index in [0.717, 1.165) is 19.6 Å². The Balaban J connectivity index is 1.98. The van der Waals surface area contributed by atoms with Crippen LogP contribution in [0.5, 0.6) is 0 Å². The van der Waals surface area contributed by atoms with Gasteiger partial charge in [0.25, 0.3) is 0 Å². The first-order chi connectivity index (χ1) is 8.16. The molecule has 1 fully saturated rings. The molecule has 1 unspecified atom stereocenters. The van der Waals surface area contributed by atoms with Crippen LogP contribution < -0.4 is 0 Å². The lowest BCUT2D eigenvalue weighted by molar-refractivity contribution is 0.0809. The third-order valence-electron chi connectivity index (χ3n) is 3.28. The second-order valence-electron chi connectivity index (χ2n) is 4.65. The third-order valence-corrected chi connectivity index (χ3v) is 3.28. The molecule has 1 aromatic heterocycles. The number of hydrogen-bond donors (Lipinski definition) is 0. The van der Waals surface area contributed by atoms with Crippen LogP contribution in [0, 0.1) is 0 Å². The molecule has 5 heteroatoms. The monoisotopic (exact) mass is 234 g/mol. The van der Waals surface area contributed by atoms with Crippen LogP contribution in [0.1, 0.15) is 16.8 Å². The first-order valence-electron chi connectivity index (χ1n) is 5.84. The van der Waals surface area contributed by atoms with E-state index in [1.807, 2.05) is 0 Å². The molecule has 17 heavy (non-hydrogen) atoms. The Morgan fingerprint density at radius 2 is 2.06 bits per heavy atom. The standard InChI is InChI=1S/C12H18N4O/c1-15-3-4-16(2)11(8-15)5-12(17)10-6-13-9-14-7-10/h6-7,9,11H,3-5,8H2,1-2H3. The fourth-order valence-corrected chi connectivity index (χ4v) is 2.10. The highest BCUT2D eigenvalue weighted by Crippen LogP contribution is 2.12. The van der Waals surface area contributed by atoms with Crippen molar-refractivity contribution in [1.82, 2.24) is 19.8 Å². The second-order valence-corrected chi connectivity index (χ2v) is 4.65. The van der Waals surface area contributed by atoms with Crippen LogP contribution in [-0.4, -0.2) is 65.3 Å². The van der Waals surface area contributed by atoms with Crippen LogP contribution in [0.25, 0.3) is 0 Å². The molecule has 1 aromatic rings. The Kier molecular flexibility index (Phi) is 3.81. The number of hydrogen-bond acceptors (Lipinski definition) is 5. The SMILES string of the molecule is CN1CCN(C)C(CC(=O)c2cncnc2)C1. The van der Waals surface area contributed by atoms with Crippen molar-refractivity contribution >= 4 is 5.78 Å². The van der Waals surface area contributed by atoms with Gasteiger partial charge in [0.15, 0.2) is 5.78 Å². The number of piperazine rings is 1. The maximum atomic E-state index is 12.0. The zero-order chi connectivity index (χ0) is 12.3. The molecule has 0 aromatic carbocycles. The van der Waals surface area contributed by atoms with Gasteiger partial charge in [-0.25, -0.2) is 9.97 Å². The van der Waals surface area contributed by atoms with Gasteiger partial charge in [0.2, 0.25) is 0 Å². The predicted octanol–water partition coefficient (Wildman–Crippen LogP) is 0.295. The second kappa shape index (κ2) is 5.33. The first kappa shape index (κ1) is 12.1. The molecule has 92 valence electrons. The fraction of sp³-hybridized carbons (Fsp3) is 0.583. The number of rotatable bonds is 3. The molecule has 1 atom stereocenters. The summed E-state index contributed by atoms with van der Waals surface area (Å²) in [5.74, 6) is 0.123. The Labute approximate surface area is 101 Å². The highest BCUT2D eigenvalue weighted by Gasteiger charge is 2.24. The number of nitrogens with zero attached hydrogens (tertiary/aromatic N) is 4. The Hall–Kier alpha value is -1.33. The van der Waals surface area contributed by atoms with Gasteiger partial charge in [-0.2, -0.15) is 0 Å². The molecular formula is C12H18N4O. The number of Topliss-reactive ketones (excluding diaryl/α,β-unsaturated/α-hetero) is 1. The zero-order valence-electron chi connectivity index (χ0n) is 10.3. The molecule has 0 amide bonds. The molecule has 2 heterocycles. The quantitative estimate of drug-likeness (QED) is 0.704. The third kappa shape index (κ3) is 3.08. The molecule has 2 rings (SSSR count). The number of ketones is 1. The summed E-state index contributed by atoms with van der Waals surface area (Å²) < 4.78 is 0. The molecule has 1 aliphatic rings. The van der Waals surface area contributed by atoms with Gasteiger partial charge in [-0.1, -0.05) is 0 Å². The lowest BCUT2D eigenvalue weighted by Gasteiger charge is -2.37. The largest absolute Gasteiger partial charge is 0.304 e. The summed E-state index contributed by atoms with van der Waals surface area (Å²) in [4.78, 5) is 24.3. The van der Waals surface area contributed by atoms with E-state index in [9.17, 15) is 4.79 Å². The maximum Gasteiger partial charge on any atom is 0.167 e. The highest BCUT2D eigenvalue weighted by molar-refractivity contribution is 5.95. The molecular weight excluding hydrogens is 216 g/mol. The normalized spacial score (nSPS) is 22.6. The topological polar surface area (TPSA) is 49.3 Å². The number of carbonyl (C=O) groups is 1. The summed E-state index contributed by atoms with van der Waals surface area (Å²) >= 11 is 0. The van der Waals surface area contributed by atoms with Gasteiger partial charge in [0, 0.05) is 44.5 Å². The predicted molar refractivity (Wildman–Crippen MR) is 64.9 cm³/mol. The van der Waals surface area contributed by atoms with Crippen LogP contribution in [0.2, 0.25) is 0 Å². The minimum Gasteiger partial charge on any atom is -0.304 e. The van der Waals surface area contributed by atoms with Crippen molar-refractivity contribution in [3.63, 3.8) is 0 Å². The molecule has 0 saturated carbocycles. The van der Waals surface area contributed by atoms with Crippen molar-refractivity contribution in [3.8, 4) is 0 Å². The molecule has 0 N–H and O–H groups in total. The van der Waals surface area contributed by atoms with E-state index in [1.165, 1.54) is 6.33 Å². The van der Waals surface area contributed by atoms with Crippen LogP contribution in [-0.2, 0) is 0 Å². The van der Waals surface area contributed by atoms with E-state index in [2.05, 4.69) is 33.9 Å². The Morgan fingerprint density at radius 1 is 1.35 bits per heavy atom. The minimum absolute atomic E-state index is 0.123. The Bertz CT molecular complexity index is 381. The van der Waals surface area contributed by atoms with Gasteiger partial charge in [-0.15, -0.1) is 0 Å². The fourth-order valence-electron chi connectivity index (χ4n) is 2.10. The van der Waals surface area contributed by atoms with Crippen molar-refractivity contribution < 1.29 is 4.79 Å². The average Bonchev–Trinajstić information content (AvgIpc) is 2.35. The summed E-state index contributed by atoms with van der Waals surface area (Å²) in [5, 5.41) is 0.